The van der Waals surface area contributed by atoms with Gasteiger partial charge in [-0.2, -0.15) is 26.3 Å². The summed E-state index contributed by atoms with van der Waals surface area (Å²) in [5.74, 6) is -2.28. The Morgan fingerprint density at radius 1 is 0.889 bits per heavy atom. The molecule has 27 heavy (non-hydrogen) atoms. The van der Waals surface area contributed by atoms with Crippen LogP contribution in [0.3, 0.4) is 0 Å². The summed E-state index contributed by atoms with van der Waals surface area (Å²) < 4.78 is 80.2. The van der Waals surface area contributed by atoms with E-state index in [0.717, 1.165) is 12.1 Å². The van der Waals surface area contributed by atoms with Crippen molar-refractivity contribution in [3.63, 3.8) is 0 Å². The number of hydrogen-bond donors (Lipinski definition) is 0. The highest BCUT2D eigenvalue weighted by Gasteiger charge is 2.37. The van der Waals surface area contributed by atoms with E-state index in [4.69, 9.17) is 4.74 Å². The first-order valence-electron chi connectivity index (χ1n) is 7.76. The molecular formula is C19H14F6O2. The fraction of sp³-hybridized carbons (Fsp3) is 0.211. The fourth-order valence-electron chi connectivity index (χ4n) is 2.24. The van der Waals surface area contributed by atoms with Crippen LogP contribution in [-0.2, 0) is 15.7 Å². The number of benzene rings is 2. The van der Waals surface area contributed by atoms with E-state index in [1.807, 2.05) is 0 Å². The first-order chi connectivity index (χ1) is 12.5. The van der Waals surface area contributed by atoms with Gasteiger partial charge in [0.2, 0.25) is 0 Å². The third-order valence-corrected chi connectivity index (χ3v) is 3.56. The van der Waals surface area contributed by atoms with Crippen molar-refractivity contribution < 1.29 is 35.9 Å². The van der Waals surface area contributed by atoms with Crippen LogP contribution in [0, 0.1) is 0 Å². The van der Waals surface area contributed by atoms with Crippen molar-refractivity contribution >= 4 is 11.5 Å². The number of hydrogen-bond acceptors (Lipinski definition) is 2. The number of alkyl halides is 6. The number of ketones is 1. The summed E-state index contributed by atoms with van der Waals surface area (Å²) in [6, 6.07) is 10.4. The van der Waals surface area contributed by atoms with Crippen molar-refractivity contribution in [1.82, 2.24) is 0 Å². The second-order valence-electron chi connectivity index (χ2n) is 5.46. The first kappa shape index (κ1) is 20.5. The van der Waals surface area contributed by atoms with E-state index in [-0.39, 0.29) is 17.9 Å². The Bertz CT molecular complexity index is 815. The summed E-state index contributed by atoms with van der Waals surface area (Å²) in [5, 5.41) is 0. The topological polar surface area (TPSA) is 26.3 Å². The predicted octanol–water partition coefficient (Wildman–Crippen LogP) is 5.88. The molecule has 0 atom stereocenters. The van der Waals surface area contributed by atoms with Gasteiger partial charge in [0.25, 0.3) is 5.78 Å². The molecule has 0 amide bonds. The van der Waals surface area contributed by atoms with Crippen molar-refractivity contribution in [2.75, 3.05) is 6.61 Å². The van der Waals surface area contributed by atoms with E-state index >= 15 is 0 Å². The second kappa shape index (κ2) is 7.85. The Morgan fingerprint density at radius 2 is 1.37 bits per heavy atom. The SMILES string of the molecule is CCOC(=CC(=O)C(F)(F)F)c1ccc(-c2ccc(C(F)(F)F)cc2)cc1. The molecule has 0 fully saturated rings. The van der Waals surface area contributed by atoms with Gasteiger partial charge in [-0.25, -0.2) is 0 Å². The van der Waals surface area contributed by atoms with E-state index in [1.165, 1.54) is 36.4 Å². The Morgan fingerprint density at radius 3 is 1.78 bits per heavy atom. The molecule has 0 aromatic heterocycles. The predicted molar refractivity (Wildman–Crippen MR) is 87.5 cm³/mol. The minimum absolute atomic E-state index is 0.0532. The van der Waals surface area contributed by atoms with E-state index in [1.54, 1.807) is 6.92 Å². The second-order valence-corrected chi connectivity index (χ2v) is 5.46. The minimum Gasteiger partial charge on any atom is -0.493 e. The lowest BCUT2D eigenvalue weighted by Crippen LogP contribution is -2.20. The van der Waals surface area contributed by atoms with Crippen molar-refractivity contribution in [3.05, 3.63) is 65.7 Å². The number of carbonyl (C=O) groups is 1. The Kier molecular flexibility index (Phi) is 5.98. The molecule has 2 aromatic rings. The minimum atomic E-state index is -5.01. The van der Waals surface area contributed by atoms with Crippen LogP contribution in [0.2, 0.25) is 0 Å². The lowest BCUT2D eigenvalue weighted by Gasteiger charge is -2.11. The van der Waals surface area contributed by atoms with Gasteiger partial charge in [0.1, 0.15) is 5.76 Å². The zero-order valence-corrected chi connectivity index (χ0v) is 14.0. The Balaban J connectivity index is 2.29. The summed E-state index contributed by atoms with van der Waals surface area (Å²) >= 11 is 0. The smallest absolute Gasteiger partial charge is 0.454 e. The van der Waals surface area contributed by atoms with Crippen molar-refractivity contribution in [2.24, 2.45) is 0 Å². The van der Waals surface area contributed by atoms with Crippen LogP contribution in [0.5, 0.6) is 0 Å². The molecule has 0 spiro atoms. The molecule has 2 nitrogen and oxygen atoms in total. The molecule has 0 saturated carbocycles. The standard InChI is InChI=1S/C19H14F6O2/c1-2-27-16(11-17(26)19(23,24)25)14-5-3-12(4-6-14)13-7-9-15(10-8-13)18(20,21)22/h3-11H,2H2,1H3. The molecule has 0 heterocycles. The molecule has 0 aliphatic carbocycles. The maximum Gasteiger partial charge on any atom is 0.454 e. The van der Waals surface area contributed by atoms with Gasteiger partial charge in [-0.05, 0) is 30.2 Å². The van der Waals surface area contributed by atoms with Gasteiger partial charge in [0.05, 0.1) is 12.2 Å². The van der Waals surface area contributed by atoms with Crippen LogP contribution >= 0.6 is 0 Å². The third-order valence-electron chi connectivity index (χ3n) is 3.56. The van der Waals surface area contributed by atoms with Gasteiger partial charge in [0, 0.05) is 11.6 Å². The third kappa shape index (κ3) is 5.35. The average Bonchev–Trinajstić information content (AvgIpc) is 2.60. The Labute approximate surface area is 151 Å². The molecule has 2 aromatic carbocycles. The number of ether oxygens (including phenoxy) is 1. The van der Waals surface area contributed by atoms with Gasteiger partial charge in [-0.1, -0.05) is 36.4 Å². The number of rotatable bonds is 5. The monoisotopic (exact) mass is 388 g/mol. The molecule has 0 aliphatic heterocycles. The van der Waals surface area contributed by atoms with Crippen LogP contribution in [0.4, 0.5) is 26.3 Å². The quantitative estimate of drug-likeness (QED) is 0.363. The van der Waals surface area contributed by atoms with E-state index in [9.17, 15) is 31.1 Å². The van der Waals surface area contributed by atoms with Crippen LogP contribution in [0.25, 0.3) is 16.9 Å². The highest BCUT2D eigenvalue weighted by molar-refractivity contribution is 5.99. The molecule has 0 radical (unpaired) electrons. The van der Waals surface area contributed by atoms with Crippen LogP contribution in [0.15, 0.2) is 54.6 Å². The van der Waals surface area contributed by atoms with E-state index in [0.29, 0.717) is 17.2 Å². The number of carbonyl (C=O) groups excluding carboxylic acids is 1. The van der Waals surface area contributed by atoms with Crippen molar-refractivity contribution in [3.8, 4) is 11.1 Å². The number of allylic oxidation sites excluding steroid dienone is 1. The molecule has 0 saturated heterocycles. The molecule has 0 N–H and O–H groups in total. The molecule has 144 valence electrons. The molecule has 0 unspecified atom stereocenters. The summed E-state index contributed by atoms with van der Waals surface area (Å²) in [4.78, 5) is 11.2. The molecule has 0 bridgehead atoms. The zero-order chi connectivity index (χ0) is 20.2. The molecule has 8 heteroatoms. The van der Waals surface area contributed by atoms with Crippen molar-refractivity contribution in [2.45, 2.75) is 19.3 Å². The highest BCUT2D eigenvalue weighted by atomic mass is 19.4. The summed E-state index contributed by atoms with van der Waals surface area (Å²) in [6.45, 7) is 1.61. The van der Waals surface area contributed by atoms with E-state index in [2.05, 4.69) is 0 Å². The lowest BCUT2D eigenvalue weighted by atomic mass is 10.0. The lowest BCUT2D eigenvalue weighted by molar-refractivity contribution is -0.165. The average molecular weight is 388 g/mol. The normalized spacial score (nSPS) is 12.8. The van der Waals surface area contributed by atoms with Gasteiger partial charge >= 0.3 is 12.4 Å². The molecule has 0 aliphatic rings. The van der Waals surface area contributed by atoms with E-state index < -0.39 is 23.7 Å². The number of halogens is 6. The fourth-order valence-corrected chi connectivity index (χ4v) is 2.24. The first-order valence-corrected chi connectivity index (χ1v) is 7.76. The van der Waals surface area contributed by atoms with Gasteiger partial charge in [-0.3, -0.25) is 4.79 Å². The van der Waals surface area contributed by atoms with Gasteiger partial charge in [-0.15, -0.1) is 0 Å². The van der Waals surface area contributed by atoms with Crippen LogP contribution < -0.4 is 0 Å². The Hall–Kier alpha value is -2.77. The zero-order valence-electron chi connectivity index (χ0n) is 14.0. The van der Waals surface area contributed by atoms with Crippen molar-refractivity contribution in [1.29, 1.82) is 0 Å². The van der Waals surface area contributed by atoms with Crippen LogP contribution in [0.1, 0.15) is 18.1 Å². The van der Waals surface area contributed by atoms with Gasteiger partial charge in [0.15, 0.2) is 0 Å². The molecular weight excluding hydrogens is 374 g/mol. The summed E-state index contributed by atoms with van der Waals surface area (Å²) in [5.41, 5.74) is 0.522. The maximum atomic E-state index is 12.6. The maximum absolute atomic E-state index is 12.6. The van der Waals surface area contributed by atoms with Crippen LogP contribution in [-0.4, -0.2) is 18.6 Å². The summed E-state index contributed by atoms with van der Waals surface area (Å²) in [6.07, 6.45) is -9.08. The summed E-state index contributed by atoms with van der Waals surface area (Å²) in [7, 11) is 0. The molecule has 2 rings (SSSR count). The highest BCUT2D eigenvalue weighted by Crippen LogP contribution is 2.31. The van der Waals surface area contributed by atoms with Gasteiger partial charge < -0.3 is 4.74 Å². The largest absolute Gasteiger partial charge is 0.493 e.